The van der Waals surface area contributed by atoms with E-state index in [0.717, 1.165) is 0 Å². The van der Waals surface area contributed by atoms with Crippen molar-refractivity contribution in [2.75, 3.05) is 36.3 Å². The largest absolute Gasteiger partial charge is 0.491 e. The Balaban J connectivity index is 1.89. The highest BCUT2D eigenvalue weighted by Crippen LogP contribution is 2.32. The molecule has 0 atom stereocenters. The summed E-state index contributed by atoms with van der Waals surface area (Å²) in [4.78, 5) is 63.0. The van der Waals surface area contributed by atoms with Gasteiger partial charge in [0.2, 0.25) is 0 Å². The van der Waals surface area contributed by atoms with Gasteiger partial charge in [0.05, 0.1) is 42.4 Å². The number of carbonyl (C=O) groups excluding carboxylic acids is 5. The van der Waals surface area contributed by atoms with Gasteiger partial charge in [0.15, 0.2) is 5.78 Å². The zero-order valence-corrected chi connectivity index (χ0v) is 29.8. The molecular formula is C37H45N3O10. The van der Waals surface area contributed by atoms with E-state index < -0.39 is 29.5 Å². The molecule has 3 amide bonds. The molecule has 13 heteroatoms. The number of amides is 3. The minimum Gasteiger partial charge on any atom is -0.491 e. The normalized spacial score (nSPS) is 11.0. The number of rotatable bonds is 14. The van der Waals surface area contributed by atoms with Gasteiger partial charge in [0.1, 0.15) is 29.5 Å². The van der Waals surface area contributed by atoms with E-state index in [1.807, 2.05) is 27.7 Å². The van der Waals surface area contributed by atoms with E-state index in [-0.39, 0.29) is 64.0 Å². The minimum atomic E-state index is -0.709. The Morgan fingerprint density at radius 2 is 1.16 bits per heavy atom. The van der Waals surface area contributed by atoms with Gasteiger partial charge in [-0.15, -0.1) is 0 Å². The average Bonchev–Trinajstić information content (AvgIpc) is 3.02. The van der Waals surface area contributed by atoms with Gasteiger partial charge in [0, 0.05) is 11.1 Å². The van der Waals surface area contributed by atoms with Crippen LogP contribution in [0.1, 0.15) is 86.5 Å². The number of Topliss-reactive ketones (excluding diaryl/α,β-unsaturated/α-hetero) is 1. The van der Waals surface area contributed by atoms with E-state index in [1.165, 1.54) is 56.5 Å². The molecule has 3 rings (SSSR count). The summed E-state index contributed by atoms with van der Waals surface area (Å²) in [5.41, 5.74) is 0.750. The van der Waals surface area contributed by atoms with E-state index in [1.54, 1.807) is 32.9 Å². The van der Waals surface area contributed by atoms with Crippen molar-refractivity contribution in [3.8, 4) is 17.2 Å². The molecule has 0 unspecified atom stereocenters. The average molecular weight is 692 g/mol. The van der Waals surface area contributed by atoms with Gasteiger partial charge >= 0.3 is 12.1 Å². The highest BCUT2D eigenvalue weighted by Gasteiger charge is 2.21. The quantitative estimate of drug-likeness (QED) is 0.148. The summed E-state index contributed by atoms with van der Waals surface area (Å²) in [5, 5.41) is 8.25. The second-order valence-corrected chi connectivity index (χ2v) is 13.0. The van der Waals surface area contributed by atoms with Crippen LogP contribution in [0.2, 0.25) is 0 Å². The minimum absolute atomic E-state index is 0.102. The maximum absolute atomic E-state index is 13.5. The van der Waals surface area contributed by atoms with Crippen molar-refractivity contribution in [2.24, 2.45) is 5.92 Å². The molecule has 0 heterocycles. The first-order valence-electron chi connectivity index (χ1n) is 16.0. The van der Waals surface area contributed by atoms with E-state index in [0.29, 0.717) is 18.0 Å². The van der Waals surface area contributed by atoms with Crippen LogP contribution in [0.3, 0.4) is 0 Å². The number of ether oxygens (including phenoxy) is 5. The van der Waals surface area contributed by atoms with Crippen LogP contribution in [0.5, 0.6) is 17.2 Å². The number of benzene rings is 3. The first-order valence-corrected chi connectivity index (χ1v) is 16.0. The molecule has 13 nitrogen and oxygen atoms in total. The van der Waals surface area contributed by atoms with Gasteiger partial charge in [-0.25, -0.2) is 9.59 Å². The van der Waals surface area contributed by atoms with Crippen molar-refractivity contribution >= 4 is 46.7 Å². The zero-order valence-electron chi connectivity index (χ0n) is 29.8. The Morgan fingerprint density at radius 1 is 0.680 bits per heavy atom. The molecule has 0 fully saturated rings. The Labute approximate surface area is 292 Å². The molecular weight excluding hydrogens is 646 g/mol. The highest BCUT2D eigenvalue weighted by molar-refractivity contribution is 6.08. The van der Waals surface area contributed by atoms with Crippen molar-refractivity contribution < 1.29 is 47.7 Å². The predicted molar refractivity (Wildman–Crippen MR) is 189 cm³/mol. The van der Waals surface area contributed by atoms with Crippen LogP contribution in [0.25, 0.3) is 0 Å². The van der Waals surface area contributed by atoms with Crippen LogP contribution >= 0.6 is 0 Å². The maximum atomic E-state index is 13.5. The molecule has 50 heavy (non-hydrogen) atoms. The van der Waals surface area contributed by atoms with Gasteiger partial charge < -0.3 is 34.3 Å². The summed E-state index contributed by atoms with van der Waals surface area (Å²) in [6.07, 6.45) is -0.929. The lowest BCUT2D eigenvalue weighted by molar-refractivity contribution is -0.118. The number of anilines is 3. The third-order valence-corrected chi connectivity index (χ3v) is 6.39. The smallest absolute Gasteiger partial charge is 0.412 e. The number of methoxy groups -OCH3 is 1. The zero-order chi connectivity index (χ0) is 37.2. The molecule has 0 saturated carbocycles. The number of carbonyl (C=O) groups is 5. The van der Waals surface area contributed by atoms with E-state index in [2.05, 4.69) is 16.0 Å². The van der Waals surface area contributed by atoms with Crippen molar-refractivity contribution in [1.82, 2.24) is 0 Å². The molecule has 0 bridgehead atoms. The summed E-state index contributed by atoms with van der Waals surface area (Å²) >= 11 is 0. The van der Waals surface area contributed by atoms with E-state index >= 15 is 0 Å². The Morgan fingerprint density at radius 3 is 1.64 bits per heavy atom. The fraction of sp³-hybridized carbons (Fsp3) is 0.378. The van der Waals surface area contributed by atoms with Crippen LogP contribution in [0, 0.1) is 5.92 Å². The molecule has 0 saturated heterocycles. The number of ketones is 1. The van der Waals surface area contributed by atoms with Crippen LogP contribution in [-0.2, 0) is 14.3 Å². The lowest BCUT2D eigenvalue weighted by Gasteiger charge is -2.21. The molecule has 3 aromatic rings. The van der Waals surface area contributed by atoms with Crippen molar-refractivity contribution in [1.29, 1.82) is 0 Å². The van der Waals surface area contributed by atoms with Gasteiger partial charge in [0.25, 0.3) is 11.8 Å². The summed E-state index contributed by atoms with van der Waals surface area (Å²) < 4.78 is 27.6. The Hall–Kier alpha value is -5.59. The van der Waals surface area contributed by atoms with E-state index in [9.17, 15) is 24.0 Å². The van der Waals surface area contributed by atoms with Crippen LogP contribution < -0.4 is 30.2 Å². The second-order valence-electron chi connectivity index (χ2n) is 13.0. The molecule has 0 aliphatic rings. The molecule has 0 spiro atoms. The Bertz CT molecular complexity index is 1730. The molecule has 3 aromatic carbocycles. The summed E-state index contributed by atoms with van der Waals surface area (Å²) in [7, 11) is 1.24. The number of hydrogen-bond donors (Lipinski definition) is 3. The molecule has 0 aliphatic carbocycles. The predicted octanol–water partition coefficient (Wildman–Crippen LogP) is 7.11. The number of esters is 1. The third kappa shape index (κ3) is 11.8. The fourth-order valence-electron chi connectivity index (χ4n) is 4.23. The molecule has 0 radical (unpaired) electrons. The molecule has 0 aromatic heterocycles. The first-order chi connectivity index (χ1) is 23.4. The topological polar surface area (TPSA) is 168 Å². The van der Waals surface area contributed by atoms with Crippen molar-refractivity contribution in [3.63, 3.8) is 0 Å². The fourth-order valence-corrected chi connectivity index (χ4v) is 4.23. The first kappa shape index (κ1) is 38.9. The molecule has 268 valence electrons. The third-order valence-electron chi connectivity index (χ3n) is 6.39. The van der Waals surface area contributed by atoms with Gasteiger partial charge in [-0.05, 0) is 102 Å². The SMILES string of the molecule is COC(=O)c1ccc(NC(=O)c2ccc(NC(=O)c3ccc(NC(=O)OC(C)(C)C)c(OC(C)C)c3)c(OCC(C)C)c2)c(OCC(C)=O)c1. The Kier molecular flexibility index (Phi) is 13.4. The highest BCUT2D eigenvalue weighted by atomic mass is 16.6. The number of hydrogen-bond acceptors (Lipinski definition) is 10. The van der Waals surface area contributed by atoms with Crippen LogP contribution in [0.4, 0.5) is 21.9 Å². The maximum Gasteiger partial charge on any atom is 0.412 e. The lowest BCUT2D eigenvalue weighted by Crippen LogP contribution is -2.27. The number of nitrogens with one attached hydrogen (secondary N) is 3. The van der Waals surface area contributed by atoms with Crippen molar-refractivity contribution in [2.45, 2.75) is 67.1 Å². The summed E-state index contributed by atoms with van der Waals surface area (Å²) in [6.45, 7) is 14.2. The molecule has 3 N–H and O–H groups in total. The second kappa shape index (κ2) is 17.2. The van der Waals surface area contributed by atoms with Gasteiger partial charge in [-0.3, -0.25) is 19.7 Å². The summed E-state index contributed by atoms with van der Waals surface area (Å²) in [5.74, 6) is -1.16. The van der Waals surface area contributed by atoms with Crippen LogP contribution in [-0.4, -0.2) is 61.7 Å². The van der Waals surface area contributed by atoms with Crippen LogP contribution in [0.15, 0.2) is 54.6 Å². The standard InChI is InChI=1S/C37H45N3O10/c1-21(2)19-47-30-16-24(33(42)39-28-15-12-26(35(44)46-9)18-31(28)48-20-23(5)41)10-13-27(30)38-34(43)25-11-14-29(32(17-25)49-22(3)4)40-36(45)50-37(6,7)8/h10-18,21-22H,19-20H2,1-9H3,(H,38,43)(H,39,42)(H,40,45). The van der Waals surface area contributed by atoms with E-state index in [4.69, 9.17) is 23.7 Å². The van der Waals surface area contributed by atoms with Crippen molar-refractivity contribution in [3.05, 3.63) is 71.3 Å². The molecule has 0 aliphatic heterocycles. The van der Waals surface area contributed by atoms with Gasteiger partial charge in [-0.2, -0.15) is 0 Å². The summed E-state index contributed by atoms with van der Waals surface area (Å²) in [6, 6.07) is 13.4. The lowest BCUT2D eigenvalue weighted by atomic mass is 10.1. The monoisotopic (exact) mass is 691 g/mol. The van der Waals surface area contributed by atoms with Gasteiger partial charge in [-0.1, -0.05) is 13.8 Å².